The highest BCUT2D eigenvalue weighted by Crippen LogP contribution is 2.43. The lowest BCUT2D eigenvalue weighted by atomic mass is 9.79. The van der Waals surface area contributed by atoms with Crippen LogP contribution in [0, 0.1) is 0 Å². The first-order valence-corrected chi connectivity index (χ1v) is 10.2. The molecule has 28 heavy (non-hydrogen) atoms. The van der Waals surface area contributed by atoms with Crippen LogP contribution >= 0.6 is 0 Å². The Labute approximate surface area is 168 Å². The number of fused-ring (bicyclic) bond motifs is 1. The smallest absolute Gasteiger partial charge is 0.240 e. The van der Waals surface area contributed by atoms with E-state index in [1.807, 2.05) is 30.3 Å². The molecule has 1 N–H and O–H groups in total. The molecule has 1 unspecified atom stereocenters. The van der Waals surface area contributed by atoms with Crippen molar-refractivity contribution in [2.24, 2.45) is 5.10 Å². The summed E-state index contributed by atoms with van der Waals surface area (Å²) in [6.07, 6.45) is 4.03. The predicted molar refractivity (Wildman–Crippen MR) is 117 cm³/mol. The Kier molecular flexibility index (Phi) is 6.18. The van der Waals surface area contributed by atoms with Crippen LogP contribution in [0.3, 0.4) is 0 Å². The van der Waals surface area contributed by atoms with Crippen molar-refractivity contribution in [3.05, 3.63) is 65.2 Å². The maximum absolute atomic E-state index is 12.0. The molecule has 1 amide bonds. The maximum Gasteiger partial charge on any atom is 0.240 e. The van der Waals surface area contributed by atoms with Crippen molar-refractivity contribution < 1.29 is 4.79 Å². The van der Waals surface area contributed by atoms with Gasteiger partial charge in [-0.1, -0.05) is 43.3 Å². The largest absolute Gasteiger partial charge is 0.366 e. The fourth-order valence-corrected chi connectivity index (χ4v) is 4.32. The van der Waals surface area contributed by atoms with E-state index in [4.69, 9.17) is 0 Å². The van der Waals surface area contributed by atoms with Crippen LogP contribution in [0.1, 0.15) is 63.1 Å². The molecule has 0 saturated heterocycles. The molecule has 0 bridgehead atoms. The van der Waals surface area contributed by atoms with Gasteiger partial charge in [0.2, 0.25) is 5.91 Å². The van der Waals surface area contributed by atoms with E-state index in [0.717, 1.165) is 30.5 Å². The fraction of sp³-hybridized carbons (Fsp3) is 0.417. The summed E-state index contributed by atoms with van der Waals surface area (Å²) in [5, 5.41) is 4.16. The predicted octanol–water partition coefficient (Wildman–Crippen LogP) is 4.88. The van der Waals surface area contributed by atoms with Crippen molar-refractivity contribution in [2.75, 3.05) is 11.4 Å². The number of nitrogens with one attached hydrogen (secondary N) is 1. The first-order chi connectivity index (χ1) is 13.4. The minimum Gasteiger partial charge on any atom is -0.366 e. The van der Waals surface area contributed by atoms with Crippen molar-refractivity contribution >= 4 is 17.8 Å². The molecule has 4 heteroatoms. The molecule has 3 rings (SSSR count). The lowest BCUT2D eigenvalue weighted by Crippen LogP contribution is -2.48. The molecule has 0 radical (unpaired) electrons. The number of hydrogen-bond acceptors (Lipinski definition) is 3. The van der Waals surface area contributed by atoms with E-state index in [-0.39, 0.29) is 11.4 Å². The van der Waals surface area contributed by atoms with Gasteiger partial charge in [-0.25, -0.2) is 5.43 Å². The SMILES string of the molecule is CCN1c2ccc(/C=N\NC(=O)CCc3ccccc3)cc2C(C)CC1(C)C. The summed E-state index contributed by atoms with van der Waals surface area (Å²) in [5.74, 6) is 0.437. The number of hydrogen-bond donors (Lipinski definition) is 1. The van der Waals surface area contributed by atoms with Crippen LogP contribution in [-0.4, -0.2) is 24.2 Å². The number of amides is 1. The van der Waals surface area contributed by atoms with Gasteiger partial charge < -0.3 is 4.90 Å². The summed E-state index contributed by atoms with van der Waals surface area (Å²) in [6.45, 7) is 10.1. The van der Waals surface area contributed by atoms with E-state index in [0.29, 0.717) is 12.3 Å². The zero-order chi connectivity index (χ0) is 20.1. The van der Waals surface area contributed by atoms with Crippen molar-refractivity contribution in [3.8, 4) is 0 Å². The van der Waals surface area contributed by atoms with Crippen LogP contribution in [0.15, 0.2) is 53.6 Å². The van der Waals surface area contributed by atoms with Crippen molar-refractivity contribution in [1.82, 2.24) is 5.43 Å². The van der Waals surface area contributed by atoms with E-state index in [1.54, 1.807) is 6.21 Å². The highest BCUT2D eigenvalue weighted by molar-refractivity contribution is 5.84. The number of rotatable bonds is 6. The van der Waals surface area contributed by atoms with Crippen molar-refractivity contribution in [2.45, 2.75) is 58.4 Å². The van der Waals surface area contributed by atoms with Gasteiger partial charge in [0.25, 0.3) is 0 Å². The summed E-state index contributed by atoms with van der Waals surface area (Å²) in [6, 6.07) is 16.5. The fourth-order valence-electron chi connectivity index (χ4n) is 4.32. The Morgan fingerprint density at radius 2 is 2.00 bits per heavy atom. The van der Waals surface area contributed by atoms with Crippen LogP contribution in [-0.2, 0) is 11.2 Å². The van der Waals surface area contributed by atoms with E-state index in [2.05, 4.69) is 61.3 Å². The van der Waals surface area contributed by atoms with Crippen LogP contribution in [0.2, 0.25) is 0 Å². The summed E-state index contributed by atoms with van der Waals surface area (Å²) in [5.41, 5.74) is 7.67. The van der Waals surface area contributed by atoms with Crippen LogP contribution < -0.4 is 10.3 Å². The Morgan fingerprint density at radius 1 is 1.25 bits per heavy atom. The quantitative estimate of drug-likeness (QED) is 0.576. The molecule has 1 atom stereocenters. The Hall–Kier alpha value is -2.62. The second-order valence-electron chi connectivity index (χ2n) is 8.26. The average Bonchev–Trinajstić information content (AvgIpc) is 2.67. The molecule has 0 spiro atoms. The van der Waals surface area contributed by atoms with Gasteiger partial charge in [0, 0.05) is 24.2 Å². The molecule has 4 nitrogen and oxygen atoms in total. The molecule has 0 aliphatic carbocycles. The molecule has 1 aliphatic heterocycles. The maximum atomic E-state index is 12.0. The van der Waals surface area contributed by atoms with E-state index in [9.17, 15) is 4.79 Å². The normalized spacial score (nSPS) is 18.1. The van der Waals surface area contributed by atoms with Gasteiger partial charge in [0.15, 0.2) is 0 Å². The first-order valence-electron chi connectivity index (χ1n) is 10.2. The third-order valence-corrected chi connectivity index (χ3v) is 5.61. The third-order valence-electron chi connectivity index (χ3n) is 5.61. The second kappa shape index (κ2) is 8.59. The molecule has 2 aromatic carbocycles. The van der Waals surface area contributed by atoms with E-state index >= 15 is 0 Å². The summed E-state index contributed by atoms with van der Waals surface area (Å²) >= 11 is 0. The molecule has 0 fully saturated rings. The third kappa shape index (κ3) is 4.61. The minimum atomic E-state index is -0.0645. The van der Waals surface area contributed by atoms with Crippen molar-refractivity contribution in [3.63, 3.8) is 0 Å². The molecule has 0 aromatic heterocycles. The highest BCUT2D eigenvalue weighted by Gasteiger charge is 2.35. The number of carbonyl (C=O) groups is 1. The Balaban J connectivity index is 1.62. The Morgan fingerprint density at radius 3 is 2.71 bits per heavy atom. The molecule has 1 aliphatic rings. The van der Waals surface area contributed by atoms with Crippen molar-refractivity contribution in [1.29, 1.82) is 0 Å². The number of nitrogens with zero attached hydrogens (tertiary/aromatic N) is 2. The van der Waals surface area contributed by atoms with Crippen LogP contribution in [0.4, 0.5) is 5.69 Å². The van der Waals surface area contributed by atoms with Gasteiger partial charge in [0.1, 0.15) is 0 Å². The van der Waals surface area contributed by atoms with Gasteiger partial charge in [-0.2, -0.15) is 5.10 Å². The van der Waals surface area contributed by atoms with Gasteiger partial charge in [-0.3, -0.25) is 4.79 Å². The summed E-state index contributed by atoms with van der Waals surface area (Å²) < 4.78 is 0. The summed E-state index contributed by atoms with van der Waals surface area (Å²) in [7, 11) is 0. The highest BCUT2D eigenvalue weighted by atomic mass is 16.2. The van der Waals surface area contributed by atoms with Gasteiger partial charge in [0.05, 0.1) is 6.21 Å². The first kappa shape index (κ1) is 20.1. The lowest BCUT2D eigenvalue weighted by molar-refractivity contribution is -0.121. The molecule has 2 aromatic rings. The number of benzene rings is 2. The molecule has 1 heterocycles. The zero-order valence-electron chi connectivity index (χ0n) is 17.4. The molecule has 148 valence electrons. The molecular formula is C24H31N3O. The number of carbonyl (C=O) groups excluding carboxylic acids is 1. The number of anilines is 1. The van der Waals surface area contributed by atoms with E-state index in [1.165, 1.54) is 11.3 Å². The van der Waals surface area contributed by atoms with Gasteiger partial charge >= 0.3 is 0 Å². The molecular weight excluding hydrogens is 346 g/mol. The number of aryl methyl sites for hydroxylation is 1. The molecule has 0 saturated carbocycles. The lowest BCUT2D eigenvalue weighted by Gasteiger charge is -2.47. The van der Waals surface area contributed by atoms with Crippen LogP contribution in [0.5, 0.6) is 0 Å². The topological polar surface area (TPSA) is 44.7 Å². The standard InChI is InChI=1S/C24H31N3O/c1-5-27-22-13-11-20(15-21(22)18(2)16-24(27,3)4)17-25-26-23(28)14-12-19-9-7-6-8-10-19/h6-11,13,15,17-18H,5,12,14,16H2,1-4H3,(H,26,28)/b25-17-. The average molecular weight is 378 g/mol. The van der Waals surface area contributed by atoms with Crippen LogP contribution in [0.25, 0.3) is 0 Å². The van der Waals surface area contributed by atoms with Gasteiger partial charge in [-0.15, -0.1) is 0 Å². The monoisotopic (exact) mass is 377 g/mol. The second-order valence-corrected chi connectivity index (χ2v) is 8.26. The summed E-state index contributed by atoms with van der Waals surface area (Å²) in [4.78, 5) is 14.5. The van der Waals surface area contributed by atoms with E-state index < -0.39 is 0 Å². The minimum absolute atomic E-state index is 0.0645. The Bertz CT molecular complexity index is 842. The van der Waals surface area contributed by atoms with Gasteiger partial charge in [-0.05, 0) is 68.4 Å². The zero-order valence-corrected chi connectivity index (χ0v) is 17.4. The number of hydrazone groups is 1.